The van der Waals surface area contributed by atoms with E-state index in [1.54, 1.807) is 4.90 Å². The maximum Gasteiger partial charge on any atom is 0.243 e. The van der Waals surface area contributed by atoms with Crippen LogP contribution < -0.4 is 0 Å². The molecule has 1 fully saturated rings. The van der Waals surface area contributed by atoms with Crippen LogP contribution in [0.4, 0.5) is 0 Å². The summed E-state index contributed by atoms with van der Waals surface area (Å²) in [5, 5.41) is 0. The van der Waals surface area contributed by atoms with Gasteiger partial charge in [-0.05, 0) is 51.8 Å². The summed E-state index contributed by atoms with van der Waals surface area (Å²) in [6.45, 7) is 7.01. The van der Waals surface area contributed by atoms with Gasteiger partial charge in [-0.3, -0.25) is 4.79 Å². The highest BCUT2D eigenvalue weighted by Crippen LogP contribution is 2.20. The van der Waals surface area contributed by atoms with Crippen LogP contribution in [0.1, 0.15) is 32.3 Å². The molecule has 1 aromatic rings. The minimum absolute atomic E-state index is 0.277. The van der Waals surface area contributed by atoms with Crippen molar-refractivity contribution in [2.75, 3.05) is 39.0 Å². The predicted molar refractivity (Wildman–Crippen MR) is 101 cm³/mol. The fraction of sp³-hybridized carbons (Fsp3) is 0.632. The van der Waals surface area contributed by atoms with E-state index in [9.17, 15) is 13.2 Å². The van der Waals surface area contributed by atoms with Gasteiger partial charge in [-0.15, -0.1) is 0 Å². The van der Waals surface area contributed by atoms with Gasteiger partial charge in [-0.1, -0.05) is 30.3 Å². The fourth-order valence-corrected chi connectivity index (χ4v) is 3.53. The third kappa shape index (κ3) is 5.28. The summed E-state index contributed by atoms with van der Waals surface area (Å²) >= 11 is 0. The summed E-state index contributed by atoms with van der Waals surface area (Å²) in [6.07, 6.45) is 4.17. The van der Waals surface area contributed by atoms with Gasteiger partial charge < -0.3 is 9.80 Å². The molecule has 0 N–H and O–H groups in total. The summed E-state index contributed by atoms with van der Waals surface area (Å²) in [7, 11) is -3.43. The number of rotatable bonds is 6. The summed E-state index contributed by atoms with van der Waals surface area (Å²) < 4.78 is 22.5. The maximum absolute atomic E-state index is 12.7. The van der Waals surface area contributed by atoms with Crippen molar-refractivity contribution in [1.82, 2.24) is 9.80 Å². The van der Waals surface area contributed by atoms with E-state index >= 15 is 0 Å². The van der Waals surface area contributed by atoms with Gasteiger partial charge in [0.1, 0.15) is 4.75 Å². The topological polar surface area (TPSA) is 57.7 Å². The minimum atomic E-state index is -3.43. The molecule has 0 atom stereocenters. The van der Waals surface area contributed by atoms with Crippen molar-refractivity contribution >= 4 is 15.7 Å². The van der Waals surface area contributed by atoms with Crippen molar-refractivity contribution in [3.05, 3.63) is 35.9 Å². The van der Waals surface area contributed by atoms with E-state index in [2.05, 4.69) is 29.2 Å². The lowest BCUT2D eigenvalue weighted by molar-refractivity contribution is -0.133. The molecule has 1 aliphatic heterocycles. The number of hydrogen-bond acceptors (Lipinski definition) is 4. The molecule has 0 radical (unpaired) electrons. The highest BCUT2D eigenvalue weighted by atomic mass is 32.2. The van der Waals surface area contributed by atoms with Gasteiger partial charge in [-0.25, -0.2) is 8.42 Å². The van der Waals surface area contributed by atoms with Crippen LogP contribution in [0.25, 0.3) is 0 Å². The third-order valence-electron chi connectivity index (χ3n) is 5.10. The summed E-state index contributed by atoms with van der Waals surface area (Å²) in [5.41, 5.74) is 1.35. The smallest absolute Gasteiger partial charge is 0.243 e. The molecule has 5 nitrogen and oxygen atoms in total. The van der Waals surface area contributed by atoms with Crippen LogP contribution in [0.3, 0.4) is 0 Å². The van der Waals surface area contributed by atoms with Crippen LogP contribution in [-0.4, -0.2) is 67.9 Å². The quantitative estimate of drug-likeness (QED) is 0.772. The average molecular weight is 367 g/mol. The van der Waals surface area contributed by atoms with Crippen molar-refractivity contribution < 1.29 is 13.2 Å². The lowest BCUT2D eigenvalue weighted by Crippen LogP contribution is -2.50. The average Bonchev–Trinajstić information content (AvgIpc) is 2.80. The van der Waals surface area contributed by atoms with E-state index in [1.165, 1.54) is 19.4 Å². The van der Waals surface area contributed by atoms with Gasteiger partial charge in [0.2, 0.25) is 5.91 Å². The Hall–Kier alpha value is -1.40. The van der Waals surface area contributed by atoms with Crippen molar-refractivity contribution in [3.63, 3.8) is 0 Å². The normalized spacial score (nSPS) is 17.3. The maximum atomic E-state index is 12.7. The monoisotopic (exact) mass is 366 g/mol. The zero-order valence-corrected chi connectivity index (χ0v) is 16.4. The Morgan fingerprint density at radius 1 is 1.08 bits per heavy atom. The summed E-state index contributed by atoms with van der Waals surface area (Å²) in [6, 6.07) is 10.5. The molecule has 1 aliphatic rings. The van der Waals surface area contributed by atoms with Gasteiger partial charge in [0.25, 0.3) is 0 Å². The highest BCUT2D eigenvalue weighted by molar-refractivity contribution is 7.92. The first-order chi connectivity index (χ1) is 11.7. The van der Waals surface area contributed by atoms with Crippen LogP contribution in [0.2, 0.25) is 0 Å². The Balaban J connectivity index is 1.84. The standard InChI is InChI=1S/C19H30N2O3S/c1-19(2,25(3,23)24)18(22)21-14-8-13-20(15-16-21)12-7-11-17-9-5-4-6-10-17/h4-6,9-10H,7-8,11-16H2,1-3H3. The van der Waals surface area contributed by atoms with Crippen molar-refractivity contribution in [2.45, 2.75) is 37.9 Å². The number of hydrogen-bond donors (Lipinski definition) is 0. The Kier molecular flexibility index (Phi) is 6.63. The van der Waals surface area contributed by atoms with Crippen LogP contribution in [0.5, 0.6) is 0 Å². The molecule has 1 aromatic carbocycles. The molecule has 1 amide bonds. The van der Waals surface area contributed by atoms with Crippen LogP contribution in [0.15, 0.2) is 30.3 Å². The molecule has 0 unspecified atom stereocenters. The number of aryl methyl sites for hydroxylation is 1. The lowest BCUT2D eigenvalue weighted by atomic mass is 10.1. The molecule has 0 aromatic heterocycles. The first kappa shape index (κ1) is 19.9. The van der Waals surface area contributed by atoms with Gasteiger partial charge >= 0.3 is 0 Å². The minimum Gasteiger partial charge on any atom is -0.340 e. The van der Waals surface area contributed by atoms with Gasteiger partial charge in [0.15, 0.2) is 9.84 Å². The van der Waals surface area contributed by atoms with Crippen molar-refractivity contribution in [1.29, 1.82) is 0 Å². The molecule has 25 heavy (non-hydrogen) atoms. The fourth-order valence-electron chi connectivity index (χ4n) is 3.09. The van der Waals surface area contributed by atoms with Crippen LogP contribution in [0, 0.1) is 0 Å². The number of carbonyl (C=O) groups excluding carboxylic acids is 1. The molecule has 0 bridgehead atoms. The van der Waals surface area contributed by atoms with Crippen molar-refractivity contribution in [3.8, 4) is 0 Å². The molecule has 1 heterocycles. The summed E-state index contributed by atoms with van der Waals surface area (Å²) in [5.74, 6) is -0.277. The molecule has 0 spiro atoms. The van der Waals surface area contributed by atoms with E-state index in [0.717, 1.165) is 45.2 Å². The predicted octanol–water partition coefficient (Wildman–Crippen LogP) is 1.98. The van der Waals surface area contributed by atoms with Gasteiger partial charge in [-0.2, -0.15) is 0 Å². The SMILES string of the molecule is CC(C)(C(=O)N1CCCN(CCCc2ccccc2)CC1)S(C)(=O)=O. The molecule has 1 saturated heterocycles. The summed E-state index contributed by atoms with van der Waals surface area (Å²) in [4.78, 5) is 16.8. The first-order valence-corrected chi connectivity index (χ1v) is 10.9. The molecular formula is C19H30N2O3S. The Labute approximate surface area is 151 Å². The molecule has 0 saturated carbocycles. The molecule has 6 heteroatoms. The second kappa shape index (κ2) is 8.32. The first-order valence-electron chi connectivity index (χ1n) is 8.97. The largest absolute Gasteiger partial charge is 0.340 e. The second-order valence-corrected chi connectivity index (χ2v) is 9.92. The van der Waals surface area contributed by atoms with E-state index in [0.29, 0.717) is 13.1 Å². The number of sulfone groups is 1. The van der Waals surface area contributed by atoms with Crippen molar-refractivity contribution in [2.24, 2.45) is 0 Å². The van der Waals surface area contributed by atoms with E-state index in [1.807, 2.05) is 6.07 Å². The number of nitrogens with zero attached hydrogens (tertiary/aromatic N) is 2. The third-order valence-corrected chi connectivity index (χ3v) is 7.13. The zero-order chi connectivity index (χ0) is 18.5. The number of carbonyl (C=O) groups is 1. The molecule has 0 aliphatic carbocycles. The molecular weight excluding hydrogens is 336 g/mol. The lowest BCUT2D eigenvalue weighted by Gasteiger charge is -2.30. The van der Waals surface area contributed by atoms with Gasteiger partial charge in [0, 0.05) is 25.9 Å². The Morgan fingerprint density at radius 2 is 1.76 bits per heavy atom. The zero-order valence-electron chi connectivity index (χ0n) is 15.6. The molecule has 2 rings (SSSR count). The van der Waals surface area contributed by atoms with Crippen LogP contribution >= 0.6 is 0 Å². The number of benzene rings is 1. The highest BCUT2D eigenvalue weighted by Gasteiger charge is 2.41. The van der Waals surface area contributed by atoms with E-state index in [-0.39, 0.29) is 5.91 Å². The Morgan fingerprint density at radius 3 is 2.40 bits per heavy atom. The number of amides is 1. The van der Waals surface area contributed by atoms with Gasteiger partial charge in [0.05, 0.1) is 0 Å². The Bertz CT molecular complexity index is 671. The van der Waals surface area contributed by atoms with Crippen LogP contribution in [-0.2, 0) is 21.1 Å². The van der Waals surface area contributed by atoms with E-state index in [4.69, 9.17) is 0 Å². The second-order valence-electron chi connectivity index (χ2n) is 7.36. The molecule has 140 valence electrons. The van der Waals surface area contributed by atoms with E-state index < -0.39 is 14.6 Å².